The van der Waals surface area contributed by atoms with Gasteiger partial charge in [-0.3, -0.25) is 4.79 Å². The lowest BCUT2D eigenvalue weighted by molar-refractivity contribution is -0.137. The van der Waals surface area contributed by atoms with Gasteiger partial charge in [0, 0.05) is 0 Å². The zero-order valence-electron chi connectivity index (χ0n) is 9.34. The number of benzene rings is 1. The van der Waals surface area contributed by atoms with E-state index in [9.17, 15) is 18.0 Å². The summed E-state index contributed by atoms with van der Waals surface area (Å²) in [6, 6.07) is 4.93. The van der Waals surface area contributed by atoms with Gasteiger partial charge in [-0.15, -0.1) is 0 Å². The summed E-state index contributed by atoms with van der Waals surface area (Å²) < 4.78 is 37.9. The van der Waals surface area contributed by atoms with Gasteiger partial charge in [0.05, 0.1) is 16.5 Å². The molecule has 0 saturated heterocycles. The Balaban J connectivity index is 2.96. The summed E-state index contributed by atoms with van der Waals surface area (Å²) in [5.41, 5.74) is -1.03. The van der Waals surface area contributed by atoms with Gasteiger partial charge in [-0.1, -0.05) is 12.1 Å². The molecule has 17 heavy (non-hydrogen) atoms. The zero-order valence-corrected chi connectivity index (χ0v) is 10.2. The summed E-state index contributed by atoms with van der Waals surface area (Å²) in [4.78, 5) is 11.5. The maximum Gasteiger partial charge on any atom is 0.418 e. The van der Waals surface area contributed by atoms with Gasteiger partial charge in [0.1, 0.15) is 0 Å². The lowest BCUT2D eigenvalue weighted by Gasteiger charge is -2.15. The van der Waals surface area contributed by atoms with E-state index in [1.54, 1.807) is 13.2 Å². The Bertz CT molecular complexity index is 406. The maximum absolute atomic E-state index is 12.6. The summed E-state index contributed by atoms with van der Waals surface area (Å²) in [6.45, 7) is 1.64. The third kappa shape index (κ3) is 3.66. The van der Waals surface area contributed by atoms with Crippen molar-refractivity contribution >= 4 is 23.4 Å². The van der Waals surface area contributed by atoms with E-state index in [0.29, 0.717) is 0 Å². The van der Waals surface area contributed by atoms with Crippen molar-refractivity contribution in [3.8, 4) is 0 Å². The van der Waals surface area contributed by atoms with Gasteiger partial charge < -0.3 is 5.32 Å². The Morgan fingerprint density at radius 1 is 1.35 bits per heavy atom. The molecule has 1 rings (SSSR count). The van der Waals surface area contributed by atoms with E-state index in [1.165, 1.54) is 30.0 Å². The fraction of sp³-hybridized carbons (Fsp3) is 0.364. The molecule has 0 aliphatic carbocycles. The highest BCUT2D eigenvalue weighted by Gasteiger charge is 2.33. The first-order valence-corrected chi connectivity index (χ1v) is 6.15. The average molecular weight is 263 g/mol. The molecule has 0 aliphatic rings. The van der Waals surface area contributed by atoms with E-state index >= 15 is 0 Å². The highest BCUT2D eigenvalue weighted by molar-refractivity contribution is 7.99. The standard InChI is InChI=1S/C11H12F3NOS/c1-7(17-2)10(16)15-9-6-4-3-5-8(9)11(12,13)14/h3-7H,1-2H3,(H,15,16). The number of carbonyl (C=O) groups excluding carboxylic acids is 1. The fourth-order valence-corrected chi connectivity index (χ4v) is 1.45. The number of thioether (sulfide) groups is 1. The second-order valence-corrected chi connectivity index (χ2v) is 4.59. The number of carbonyl (C=O) groups is 1. The van der Waals surface area contributed by atoms with Crippen LogP contribution in [-0.4, -0.2) is 17.4 Å². The molecular weight excluding hydrogens is 251 g/mol. The van der Waals surface area contributed by atoms with Crippen molar-refractivity contribution in [3.05, 3.63) is 29.8 Å². The molecule has 94 valence electrons. The van der Waals surface area contributed by atoms with E-state index in [0.717, 1.165) is 6.07 Å². The molecule has 2 nitrogen and oxygen atoms in total. The Morgan fingerprint density at radius 3 is 2.47 bits per heavy atom. The summed E-state index contributed by atoms with van der Waals surface area (Å²) in [6.07, 6.45) is -2.74. The molecule has 0 bridgehead atoms. The molecule has 1 atom stereocenters. The van der Waals surface area contributed by atoms with Crippen LogP contribution < -0.4 is 5.32 Å². The SMILES string of the molecule is CSC(C)C(=O)Nc1ccccc1C(F)(F)F. The first-order chi connectivity index (χ1) is 7.86. The highest BCUT2D eigenvalue weighted by atomic mass is 32.2. The molecule has 0 spiro atoms. The van der Waals surface area contributed by atoms with Crippen LogP contribution in [0.4, 0.5) is 18.9 Å². The van der Waals surface area contributed by atoms with E-state index < -0.39 is 22.9 Å². The largest absolute Gasteiger partial charge is 0.418 e. The van der Waals surface area contributed by atoms with Gasteiger partial charge in [-0.2, -0.15) is 24.9 Å². The molecule has 6 heteroatoms. The van der Waals surface area contributed by atoms with Gasteiger partial charge in [0.15, 0.2) is 0 Å². The Hall–Kier alpha value is -1.17. The molecule has 0 aromatic heterocycles. The quantitative estimate of drug-likeness (QED) is 0.905. The molecular formula is C11H12F3NOS. The van der Waals surface area contributed by atoms with Gasteiger partial charge in [0.2, 0.25) is 5.91 Å². The monoisotopic (exact) mass is 263 g/mol. The molecule has 1 unspecified atom stereocenters. The molecule has 1 aromatic carbocycles. The third-order valence-electron chi connectivity index (χ3n) is 2.21. The summed E-state index contributed by atoms with van der Waals surface area (Å²) >= 11 is 1.27. The lowest BCUT2D eigenvalue weighted by Crippen LogP contribution is -2.23. The predicted molar refractivity (Wildman–Crippen MR) is 63.1 cm³/mol. The number of nitrogens with one attached hydrogen (secondary N) is 1. The van der Waals surface area contributed by atoms with Crippen molar-refractivity contribution < 1.29 is 18.0 Å². The number of halogens is 3. The van der Waals surface area contributed by atoms with Crippen LogP contribution >= 0.6 is 11.8 Å². The molecule has 0 radical (unpaired) electrons. The Morgan fingerprint density at radius 2 is 1.94 bits per heavy atom. The number of alkyl halides is 3. The van der Waals surface area contributed by atoms with Gasteiger partial charge >= 0.3 is 6.18 Å². The highest BCUT2D eigenvalue weighted by Crippen LogP contribution is 2.34. The number of para-hydroxylation sites is 1. The fourth-order valence-electron chi connectivity index (χ4n) is 1.18. The first kappa shape index (κ1) is 13.9. The van der Waals surface area contributed by atoms with E-state index in [-0.39, 0.29) is 5.69 Å². The molecule has 1 N–H and O–H groups in total. The Labute approximate surface area is 102 Å². The molecule has 0 saturated carbocycles. The molecule has 0 fully saturated rings. The summed E-state index contributed by atoms with van der Waals surface area (Å²) in [5.74, 6) is -0.436. The normalized spacial score (nSPS) is 13.2. The van der Waals surface area contributed by atoms with E-state index in [1.807, 2.05) is 0 Å². The molecule has 0 heterocycles. The summed E-state index contributed by atoms with van der Waals surface area (Å²) in [7, 11) is 0. The number of rotatable bonds is 3. The topological polar surface area (TPSA) is 29.1 Å². The van der Waals surface area contributed by atoms with Crippen molar-refractivity contribution in [3.63, 3.8) is 0 Å². The minimum absolute atomic E-state index is 0.203. The van der Waals surface area contributed by atoms with Crippen molar-refractivity contribution in [2.45, 2.75) is 18.3 Å². The second-order valence-electron chi connectivity index (χ2n) is 3.41. The molecule has 1 aromatic rings. The Kier molecular flexibility index (Phi) is 4.45. The van der Waals surface area contributed by atoms with E-state index in [2.05, 4.69) is 5.32 Å². The average Bonchev–Trinajstić information content (AvgIpc) is 2.27. The second kappa shape index (κ2) is 5.44. The van der Waals surface area contributed by atoms with Crippen molar-refractivity contribution in [2.75, 3.05) is 11.6 Å². The smallest absolute Gasteiger partial charge is 0.325 e. The zero-order chi connectivity index (χ0) is 13.1. The number of anilines is 1. The van der Waals surface area contributed by atoms with Crippen LogP contribution in [0.3, 0.4) is 0 Å². The van der Waals surface area contributed by atoms with Crippen LogP contribution in [0.1, 0.15) is 12.5 Å². The first-order valence-electron chi connectivity index (χ1n) is 4.86. The van der Waals surface area contributed by atoms with Crippen LogP contribution in [0.5, 0.6) is 0 Å². The van der Waals surface area contributed by atoms with Crippen molar-refractivity contribution in [2.24, 2.45) is 0 Å². The van der Waals surface area contributed by atoms with Crippen LogP contribution in [-0.2, 0) is 11.0 Å². The number of amides is 1. The van der Waals surface area contributed by atoms with Gasteiger partial charge in [-0.25, -0.2) is 0 Å². The van der Waals surface area contributed by atoms with Crippen LogP contribution in [0.15, 0.2) is 24.3 Å². The van der Waals surface area contributed by atoms with E-state index in [4.69, 9.17) is 0 Å². The number of hydrogen-bond donors (Lipinski definition) is 1. The van der Waals surface area contributed by atoms with Crippen LogP contribution in [0.2, 0.25) is 0 Å². The maximum atomic E-state index is 12.6. The van der Waals surface area contributed by atoms with Crippen molar-refractivity contribution in [1.29, 1.82) is 0 Å². The molecule has 1 amide bonds. The lowest BCUT2D eigenvalue weighted by atomic mass is 10.1. The summed E-state index contributed by atoms with van der Waals surface area (Å²) in [5, 5.41) is 1.90. The molecule has 0 aliphatic heterocycles. The van der Waals surface area contributed by atoms with Crippen LogP contribution in [0.25, 0.3) is 0 Å². The van der Waals surface area contributed by atoms with Gasteiger partial charge in [0.25, 0.3) is 0 Å². The van der Waals surface area contributed by atoms with Crippen molar-refractivity contribution in [1.82, 2.24) is 0 Å². The minimum atomic E-state index is -4.47. The third-order valence-corrected chi connectivity index (χ3v) is 3.13. The predicted octanol–water partition coefficient (Wildman–Crippen LogP) is 3.40. The number of hydrogen-bond acceptors (Lipinski definition) is 2. The van der Waals surface area contributed by atoms with Gasteiger partial charge in [-0.05, 0) is 25.3 Å². The minimum Gasteiger partial charge on any atom is -0.325 e. The van der Waals surface area contributed by atoms with Crippen LogP contribution in [0, 0.1) is 0 Å².